The number of esters is 2. The fourth-order valence-corrected chi connectivity index (χ4v) is 5.87. The molecule has 57 heavy (non-hydrogen) atoms. The quantitative estimate of drug-likeness (QED) is 0.0157. The minimum atomic E-state index is -4.42. The SMILES string of the molecule is CC/C=C/C/C=C/C=C/C(O)CCCCCCCC(=O)O[C@H](COC(=O)CCC/C=C\C/C=C\C/C=C\C/C=C\CCCCC)COP(=O)(O)OCC[N+](C)(C)C. The van der Waals surface area contributed by atoms with Crippen molar-refractivity contribution in [2.45, 2.75) is 148 Å². The number of nitrogens with zero attached hydrogens (tertiary/aromatic N) is 1. The lowest BCUT2D eigenvalue weighted by Gasteiger charge is -2.24. The van der Waals surface area contributed by atoms with E-state index in [0.717, 1.165) is 64.2 Å². The average molecular weight is 821 g/mol. The minimum Gasteiger partial charge on any atom is -0.462 e. The van der Waals surface area contributed by atoms with Gasteiger partial charge >= 0.3 is 19.8 Å². The summed E-state index contributed by atoms with van der Waals surface area (Å²) < 4.78 is 34.1. The second-order valence-corrected chi connectivity index (χ2v) is 16.6. The van der Waals surface area contributed by atoms with Gasteiger partial charge in [-0.15, -0.1) is 0 Å². The first-order valence-electron chi connectivity index (χ1n) is 21.4. The number of quaternary nitrogens is 1. The Kier molecular flexibility index (Phi) is 35.6. The average Bonchev–Trinajstić information content (AvgIpc) is 3.15. The molecule has 0 fully saturated rings. The highest BCUT2D eigenvalue weighted by Crippen LogP contribution is 2.43. The summed E-state index contributed by atoms with van der Waals surface area (Å²) in [6.45, 7) is 4.05. The van der Waals surface area contributed by atoms with E-state index in [9.17, 15) is 24.2 Å². The molecule has 0 saturated carbocycles. The van der Waals surface area contributed by atoms with Gasteiger partial charge in [0.15, 0.2) is 6.10 Å². The minimum absolute atomic E-state index is 0.000360. The molecule has 0 aromatic rings. The summed E-state index contributed by atoms with van der Waals surface area (Å²) in [4.78, 5) is 35.3. The number of hydrogen-bond acceptors (Lipinski definition) is 8. The van der Waals surface area contributed by atoms with Gasteiger partial charge in [0.2, 0.25) is 0 Å². The molecule has 10 nitrogen and oxygen atoms in total. The summed E-state index contributed by atoms with van der Waals surface area (Å²) in [6, 6.07) is 0. The number of unbranched alkanes of at least 4 members (excludes halogenated alkanes) is 8. The largest absolute Gasteiger partial charge is 0.472 e. The second-order valence-electron chi connectivity index (χ2n) is 15.2. The molecule has 0 spiro atoms. The monoisotopic (exact) mass is 821 g/mol. The maximum Gasteiger partial charge on any atom is 0.472 e. The molecule has 0 aliphatic carbocycles. The molecule has 0 saturated heterocycles. The molecule has 0 amide bonds. The molecule has 2 N–H and O–H groups in total. The molecule has 0 rings (SSSR count). The van der Waals surface area contributed by atoms with E-state index in [4.69, 9.17) is 18.5 Å². The third-order valence-electron chi connectivity index (χ3n) is 8.51. The Morgan fingerprint density at radius 1 is 0.649 bits per heavy atom. The fraction of sp³-hybridized carbons (Fsp3) is 0.652. The van der Waals surface area contributed by atoms with E-state index in [2.05, 4.69) is 68.5 Å². The third-order valence-corrected chi connectivity index (χ3v) is 9.50. The van der Waals surface area contributed by atoms with Crippen LogP contribution in [0.5, 0.6) is 0 Å². The van der Waals surface area contributed by atoms with Crippen LogP contribution in [0.4, 0.5) is 0 Å². The molecule has 0 aliphatic heterocycles. The van der Waals surface area contributed by atoms with Gasteiger partial charge in [0.1, 0.15) is 19.8 Å². The standard InChI is InChI=1S/C46H78NO9P/c1-6-8-10-12-14-15-16-17-18-19-20-21-22-23-25-29-33-37-45(49)53-41-44(42-55-57(51,52)54-40-39-47(3,4)5)56-46(50)38-34-30-26-28-32-36-43(48)35-31-27-24-13-11-9-7-2/h9,11,14-15,17-18,20-21,23-25,27,31,35,43-44,48H,6-8,10,12-13,16,19,22,26,28-30,32-34,36-42H2,1-5H3/p+1/b11-9+,15-14-,18-17-,21-20-,25-23-,27-24+,35-31+/t43?,44-/m1/s1. The summed E-state index contributed by atoms with van der Waals surface area (Å²) in [5.41, 5.74) is 0. The zero-order valence-electron chi connectivity index (χ0n) is 36.1. The molecule has 0 radical (unpaired) electrons. The Morgan fingerprint density at radius 3 is 1.88 bits per heavy atom. The number of carbonyl (C=O) groups excluding carboxylic acids is 2. The van der Waals surface area contributed by atoms with Crippen LogP contribution in [0.1, 0.15) is 136 Å². The van der Waals surface area contributed by atoms with Crippen molar-refractivity contribution in [3.8, 4) is 0 Å². The van der Waals surface area contributed by atoms with E-state index < -0.39 is 38.6 Å². The second kappa shape index (κ2) is 37.4. The predicted molar refractivity (Wildman–Crippen MR) is 235 cm³/mol. The molecule has 3 atom stereocenters. The number of ether oxygens (including phenoxy) is 2. The van der Waals surface area contributed by atoms with Crippen molar-refractivity contribution in [1.82, 2.24) is 0 Å². The van der Waals surface area contributed by atoms with Crippen LogP contribution in [-0.4, -0.2) is 86.1 Å². The predicted octanol–water partition coefficient (Wildman–Crippen LogP) is 11.0. The Balaban J connectivity index is 4.58. The fourth-order valence-electron chi connectivity index (χ4n) is 5.13. The number of aliphatic hydroxyl groups excluding tert-OH is 1. The first kappa shape index (κ1) is 54.2. The van der Waals surface area contributed by atoms with Gasteiger partial charge in [-0.05, 0) is 70.6 Å². The zero-order chi connectivity index (χ0) is 42.3. The number of phosphoric acid groups is 1. The van der Waals surface area contributed by atoms with E-state index in [1.807, 2.05) is 45.4 Å². The van der Waals surface area contributed by atoms with Crippen LogP contribution in [0.25, 0.3) is 0 Å². The van der Waals surface area contributed by atoms with Crippen LogP contribution in [0.3, 0.4) is 0 Å². The smallest absolute Gasteiger partial charge is 0.462 e. The van der Waals surface area contributed by atoms with Crippen molar-refractivity contribution in [2.24, 2.45) is 0 Å². The van der Waals surface area contributed by atoms with Gasteiger partial charge in [-0.2, -0.15) is 0 Å². The molecule has 0 aromatic carbocycles. The topological polar surface area (TPSA) is 129 Å². The molecular weight excluding hydrogens is 741 g/mol. The van der Waals surface area contributed by atoms with Gasteiger partial charge in [0, 0.05) is 12.8 Å². The summed E-state index contributed by atoms with van der Waals surface area (Å²) in [7, 11) is 1.37. The van der Waals surface area contributed by atoms with Crippen molar-refractivity contribution in [2.75, 3.05) is 47.5 Å². The highest BCUT2D eigenvalue weighted by Gasteiger charge is 2.27. The Hall–Kier alpha value is -2.85. The molecule has 2 unspecified atom stereocenters. The van der Waals surface area contributed by atoms with Gasteiger partial charge in [0.05, 0.1) is 33.9 Å². The third kappa shape index (κ3) is 41.1. The molecule has 0 aromatic heterocycles. The first-order chi connectivity index (χ1) is 27.4. The maximum absolute atomic E-state index is 12.7. The molecule has 326 valence electrons. The van der Waals surface area contributed by atoms with Gasteiger partial charge in [-0.3, -0.25) is 18.6 Å². The van der Waals surface area contributed by atoms with E-state index in [1.54, 1.807) is 6.08 Å². The molecular formula is C46H79NO9P+. The Morgan fingerprint density at radius 2 is 1.23 bits per heavy atom. The van der Waals surface area contributed by atoms with Crippen LogP contribution in [-0.2, 0) is 32.7 Å². The van der Waals surface area contributed by atoms with Crippen molar-refractivity contribution in [3.05, 3.63) is 85.1 Å². The lowest BCUT2D eigenvalue weighted by atomic mass is 10.1. The van der Waals surface area contributed by atoms with E-state index in [1.165, 1.54) is 25.7 Å². The number of likely N-dealkylation sites (N-methyl/N-ethyl adjacent to an activating group) is 1. The van der Waals surface area contributed by atoms with Crippen LogP contribution in [0.2, 0.25) is 0 Å². The van der Waals surface area contributed by atoms with Crippen molar-refractivity contribution >= 4 is 19.8 Å². The number of allylic oxidation sites excluding steroid dienone is 13. The van der Waals surface area contributed by atoms with E-state index in [-0.39, 0.29) is 26.1 Å². The Bertz CT molecular complexity index is 1260. The van der Waals surface area contributed by atoms with Crippen molar-refractivity contribution < 1.29 is 47.2 Å². The number of aliphatic hydroxyl groups is 1. The number of rotatable bonds is 37. The highest BCUT2D eigenvalue weighted by atomic mass is 31.2. The summed E-state index contributed by atoms with van der Waals surface area (Å²) in [5.74, 6) is -0.951. The molecule has 0 bridgehead atoms. The lowest BCUT2D eigenvalue weighted by Crippen LogP contribution is -2.37. The summed E-state index contributed by atoms with van der Waals surface area (Å²) >= 11 is 0. The maximum atomic E-state index is 12.7. The normalized spacial score (nSPS) is 15.0. The molecule has 0 aliphatic rings. The lowest BCUT2D eigenvalue weighted by molar-refractivity contribution is -0.870. The number of hydrogen-bond donors (Lipinski definition) is 2. The van der Waals surface area contributed by atoms with Crippen molar-refractivity contribution in [1.29, 1.82) is 0 Å². The highest BCUT2D eigenvalue weighted by molar-refractivity contribution is 7.47. The van der Waals surface area contributed by atoms with Crippen LogP contribution >= 0.6 is 7.82 Å². The van der Waals surface area contributed by atoms with Crippen LogP contribution in [0, 0.1) is 0 Å². The Labute approximate surface area is 346 Å². The summed E-state index contributed by atoms with van der Waals surface area (Å²) in [6.07, 6.45) is 43.7. The zero-order valence-corrected chi connectivity index (χ0v) is 37.0. The van der Waals surface area contributed by atoms with Gasteiger partial charge < -0.3 is 24.0 Å². The van der Waals surface area contributed by atoms with Gasteiger partial charge in [-0.1, -0.05) is 137 Å². The van der Waals surface area contributed by atoms with Crippen LogP contribution in [0.15, 0.2) is 85.1 Å². The molecule has 0 heterocycles. The summed E-state index contributed by atoms with van der Waals surface area (Å²) in [5, 5.41) is 10.2. The molecule has 11 heteroatoms. The number of phosphoric ester groups is 1. The number of carbonyl (C=O) groups is 2. The van der Waals surface area contributed by atoms with E-state index in [0.29, 0.717) is 30.3 Å². The van der Waals surface area contributed by atoms with Crippen molar-refractivity contribution in [3.63, 3.8) is 0 Å². The first-order valence-corrected chi connectivity index (χ1v) is 22.9. The van der Waals surface area contributed by atoms with E-state index >= 15 is 0 Å². The van der Waals surface area contributed by atoms with Crippen LogP contribution < -0.4 is 0 Å². The van der Waals surface area contributed by atoms with Gasteiger partial charge in [-0.25, -0.2) is 4.57 Å². The van der Waals surface area contributed by atoms with Gasteiger partial charge in [0.25, 0.3) is 0 Å².